The number of rotatable bonds is 4. The molecule has 1 fully saturated rings. The lowest BCUT2D eigenvalue weighted by Crippen LogP contribution is -2.39. The van der Waals surface area contributed by atoms with Gasteiger partial charge in [0.1, 0.15) is 10.8 Å². The molecule has 1 N–H and O–H groups in total. The third kappa shape index (κ3) is 3.49. The van der Waals surface area contributed by atoms with E-state index < -0.39 is 0 Å². The number of nitrogens with zero attached hydrogens (tertiary/aromatic N) is 4. The van der Waals surface area contributed by atoms with E-state index in [1.165, 1.54) is 23.7 Å². The molecule has 1 aliphatic heterocycles. The average molecular weight is 401 g/mol. The summed E-state index contributed by atoms with van der Waals surface area (Å²) in [5.74, 6) is 0.403. The number of likely N-dealkylation sites (tertiary alicyclic amines) is 1. The van der Waals surface area contributed by atoms with Crippen LogP contribution in [0.25, 0.3) is 11.4 Å². The van der Waals surface area contributed by atoms with Gasteiger partial charge < -0.3 is 14.7 Å². The Bertz CT molecular complexity index is 1000. The lowest BCUT2D eigenvalue weighted by atomic mass is 9.97. The van der Waals surface area contributed by atoms with E-state index in [2.05, 4.69) is 19.8 Å². The molecular weight excluding hydrogens is 381 g/mol. The van der Waals surface area contributed by atoms with Gasteiger partial charge in [0.25, 0.3) is 5.91 Å². The highest BCUT2D eigenvalue weighted by molar-refractivity contribution is 7.10. The quantitative estimate of drug-likeness (QED) is 0.718. The van der Waals surface area contributed by atoms with Crippen LogP contribution in [0.4, 0.5) is 9.39 Å². The summed E-state index contributed by atoms with van der Waals surface area (Å²) in [5.41, 5.74) is 1.92. The van der Waals surface area contributed by atoms with E-state index in [4.69, 9.17) is 4.52 Å². The number of aryl methyl sites for hydroxylation is 1. The second-order valence-corrected chi connectivity index (χ2v) is 7.55. The van der Waals surface area contributed by atoms with Crippen LogP contribution in [0.1, 0.15) is 40.7 Å². The molecule has 146 valence electrons. The van der Waals surface area contributed by atoms with Gasteiger partial charge in [-0.3, -0.25) is 4.79 Å². The topological polar surface area (TPSA) is 84.2 Å². The highest BCUT2D eigenvalue weighted by atomic mass is 32.1. The Morgan fingerprint density at radius 1 is 1.43 bits per heavy atom. The highest BCUT2D eigenvalue weighted by Gasteiger charge is 2.31. The Balaban J connectivity index is 1.53. The van der Waals surface area contributed by atoms with Crippen molar-refractivity contribution >= 4 is 22.4 Å². The summed E-state index contributed by atoms with van der Waals surface area (Å²) in [5, 5.41) is 7.81. The molecule has 0 radical (unpaired) electrons. The molecule has 0 saturated carbocycles. The molecule has 4 rings (SSSR count). The number of piperidine rings is 1. The Morgan fingerprint density at radius 2 is 2.29 bits per heavy atom. The number of aromatic nitrogens is 3. The first-order chi connectivity index (χ1) is 13.6. The Morgan fingerprint density at radius 3 is 3.07 bits per heavy atom. The van der Waals surface area contributed by atoms with Crippen molar-refractivity contribution in [2.75, 3.05) is 25.5 Å². The Hall–Kier alpha value is -2.81. The first kappa shape index (κ1) is 18.5. The van der Waals surface area contributed by atoms with Gasteiger partial charge in [0.2, 0.25) is 11.7 Å². The molecule has 2 aromatic heterocycles. The van der Waals surface area contributed by atoms with Crippen LogP contribution in [0.2, 0.25) is 0 Å². The van der Waals surface area contributed by atoms with Crippen molar-refractivity contribution in [3.8, 4) is 11.4 Å². The minimum Gasteiger partial charge on any atom is -0.378 e. The van der Waals surface area contributed by atoms with Crippen molar-refractivity contribution in [3.05, 3.63) is 47.2 Å². The number of carbonyl (C=O) groups is 1. The maximum Gasteiger partial charge on any atom is 0.258 e. The highest BCUT2D eigenvalue weighted by Crippen LogP contribution is 2.31. The molecule has 3 aromatic rings. The SMILES string of the molecule is CNc1snc(C)c1C(=O)N1CCCC(c2nc(-c3cccc(F)c3)no2)C1. The zero-order chi connectivity index (χ0) is 19.7. The van der Waals surface area contributed by atoms with E-state index in [0.717, 1.165) is 23.5 Å². The molecule has 28 heavy (non-hydrogen) atoms. The minimum atomic E-state index is -0.349. The number of carbonyl (C=O) groups excluding carboxylic acids is 1. The zero-order valence-corrected chi connectivity index (χ0v) is 16.4. The predicted octanol–water partition coefficient (Wildman–Crippen LogP) is 3.70. The summed E-state index contributed by atoms with van der Waals surface area (Å²) in [6.45, 7) is 3.02. The van der Waals surface area contributed by atoms with Crippen LogP contribution in [-0.4, -0.2) is 45.5 Å². The van der Waals surface area contributed by atoms with Crippen LogP contribution < -0.4 is 5.32 Å². The first-order valence-corrected chi connectivity index (χ1v) is 9.87. The molecule has 1 atom stereocenters. The summed E-state index contributed by atoms with van der Waals surface area (Å²) in [6, 6.07) is 6.09. The van der Waals surface area contributed by atoms with Crippen molar-refractivity contribution in [3.63, 3.8) is 0 Å². The number of benzene rings is 1. The van der Waals surface area contributed by atoms with E-state index in [9.17, 15) is 9.18 Å². The van der Waals surface area contributed by atoms with Crippen molar-refractivity contribution in [1.29, 1.82) is 0 Å². The number of nitrogens with one attached hydrogen (secondary N) is 1. The molecule has 0 spiro atoms. The van der Waals surface area contributed by atoms with Crippen LogP contribution in [0.3, 0.4) is 0 Å². The normalized spacial score (nSPS) is 17.0. The Labute approximate surface area is 165 Å². The first-order valence-electron chi connectivity index (χ1n) is 9.09. The van der Waals surface area contributed by atoms with Crippen LogP contribution in [0.5, 0.6) is 0 Å². The number of amides is 1. The Kier molecular flexibility index (Phi) is 5.08. The van der Waals surface area contributed by atoms with E-state index in [0.29, 0.717) is 35.9 Å². The molecule has 3 heterocycles. The largest absolute Gasteiger partial charge is 0.378 e. The number of anilines is 1. The molecular formula is C19H20FN5O2S. The van der Waals surface area contributed by atoms with Gasteiger partial charge in [-0.2, -0.15) is 9.36 Å². The van der Waals surface area contributed by atoms with Gasteiger partial charge in [-0.05, 0) is 43.4 Å². The maximum absolute atomic E-state index is 13.4. The molecule has 1 aliphatic rings. The molecule has 7 nitrogen and oxygen atoms in total. The smallest absolute Gasteiger partial charge is 0.258 e. The molecule has 1 unspecified atom stereocenters. The predicted molar refractivity (Wildman–Crippen MR) is 104 cm³/mol. The van der Waals surface area contributed by atoms with Gasteiger partial charge in [-0.15, -0.1) is 0 Å². The van der Waals surface area contributed by atoms with E-state index in [-0.39, 0.29) is 17.6 Å². The van der Waals surface area contributed by atoms with Gasteiger partial charge in [0.15, 0.2) is 0 Å². The van der Waals surface area contributed by atoms with Gasteiger partial charge in [-0.1, -0.05) is 17.3 Å². The standard InChI is InChI=1S/C19H20FN5O2S/c1-11-15(18(21-2)28-24-11)19(26)25-8-4-6-13(10-25)17-22-16(23-27-17)12-5-3-7-14(20)9-12/h3,5,7,9,13,21H,4,6,8,10H2,1-2H3. The molecule has 9 heteroatoms. The van der Waals surface area contributed by atoms with Crippen LogP contribution in [-0.2, 0) is 0 Å². The fraction of sp³-hybridized carbons (Fsp3) is 0.368. The zero-order valence-electron chi connectivity index (χ0n) is 15.6. The second kappa shape index (κ2) is 7.67. The van der Waals surface area contributed by atoms with E-state index in [1.54, 1.807) is 19.2 Å². The van der Waals surface area contributed by atoms with Crippen molar-refractivity contribution in [2.24, 2.45) is 0 Å². The van der Waals surface area contributed by atoms with E-state index >= 15 is 0 Å². The number of hydrogen-bond donors (Lipinski definition) is 1. The van der Waals surface area contributed by atoms with Gasteiger partial charge in [-0.25, -0.2) is 4.39 Å². The van der Waals surface area contributed by atoms with Crippen LogP contribution in [0.15, 0.2) is 28.8 Å². The monoisotopic (exact) mass is 401 g/mol. The summed E-state index contributed by atoms with van der Waals surface area (Å²) < 4.78 is 23.2. The number of halogens is 1. The molecule has 0 aliphatic carbocycles. The lowest BCUT2D eigenvalue weighted by Gasteiger charge is -2.31. The minimum absolute atomic E-state index is 0.0369. The van der Waals surface area contributed by atoms with E-state index in [1.807, 2.05) is 11.8 Å². The summed E-state index contributed by atoms with van der Waals surface area (Å²) in [4.78, 5) is 19.3. The van der Waals surface area contributed by atoms with Crippen LogP contribution >= 0.6 is 11.5 Å². The molecule has 0 bridgehead atoms. The second-order valence-electron chi connectivity index (χ2n) is 6.78. The van der Waals surface area contributed by atoms with Crippen molar-refractivity contribution < 1.29 is 13.7 Å². The summed E-state index contributed by atoms with van der Waals surface area (Å²) in [6.07, 6.45) is 1.70. The summed E-state index contributed by atoms with van der Waals surface area (Å²) >= 11 is 1.29. The third-order valence-corrected chi connectivity index (χ3v) is 5.84. The maximum atomic E-state index is 13.4. The van der Waals surface area contributed by atoms with Gasteiger partial charge in [0, 0.05) is 25.7 Å². The van der Waals surface area contributed by atoms with Gasteiger partial charge >= 0.3 is 0 Å². The lowest BCUT2D eigenvalue weighted by molar-refractivity contribution is 0.0696. The molecule has 1 amide bonds. The fourth-order valence-electron chi connectivity index (χ4n) is 3.46. The van der Waals surface area contributed by atoms with Crippen molar-refractivity contribution in [2.45, 2.75) is 25.7 Å². The van der Waals surface area contributed by atoms with Crippen LogP contribution in [0, 0.1) is 12.7 Å². The molecule has 1 aromatic carbocycles. The number of hydrogen-bond acceptors (Lipinski definition) is 7. The molecule has 1 saturated heterocycles. The average Bonchev–Trinajstić information content (AvgIpc) is 3.34. The summed E-state index contributed by atoms with van der Waals surface area (Å²) in [7, 11) is 1.79. The van der Waals surface area contributed by atoms with Gasteiger partial charge in [0.05, 0.1) is 17.2 Å². The van der Waals surface area contributed by atoms with Crippen molar-refractivity contribution in [1.82, 2.24) is 19.4 Å². The third-order valence-electron chi connectivity index (χ3n) is 4.89. The fourth-order valence-corrected chi connectivity index (χ4v) is 4.20.